The molecule has 0 radical (unpaired) electrons. The number of amides is 1. The third-order valence-electron chi connectivity index (χ3n) is 5.79. The molecule has 2 saturated carbocycles. The summed E-state index contributed by atoms with van der Waals surface area (Å²) in [5.74, 6) is 5.11. The summed E-state index contributed by atoms with van der Waals surface area (Å²) in [5.41, 5.74) is 6.31. The number of nitrogens with one attached hydrogen (secondary N) is 1. The maximum absolute atomic E-state index is 13.0. The number of anilines is 1. The average molecular weight is 444 g/mol. The molecule has 1 aromatic heterocycles. The Balaban J connectivity index is 1.63. The van der Waals surface area contributed by atoms with Crippen LogP contribution in [0, 0.1) is 17.3 Å². The van der Waals surface area contributed by atoms with E-state index in [1.165, 1.54) is 31.5 Å². The third-order valence-corrected chi connectivity index (χ3v) is 5.79. The van der Waals surface area contributed by atoms with Crippen molar-refractivity contribution >= 4 is 11.9 Å². The lowest BCUT2D eigenvalue weighted by Crippen LogP contribution is -2.40. The van der Waals surface area contributed by atoms with Crippen LogP contribution in [0.2, 0.25) is 0 Å². The molecule has 1 aromatic carbocycles. The van der Waals surface area contributed by atoms with Gasteiger partial charge in [-0.25, -0.2) is 4.98 Å². The Hall–Kier alpha value is -3.45. The molecule has 168 valence electrons. The van der Waals surface area contributed by atoms with Gasteiger partial charge >= 0.3 is 6.61 Å². The first-order valence-corrected chi connectivity index (χ1v) is 10.0. The number of methoxy groups -OCH3 is 1. The molecule has 2 atom stereocenters. The topological polar surface area (TPSA) is 120 Å². The maximum Gasteiger partial charge on any atom is 0.387 e. The van der Waals surface area contributed by atoms with E-state index in [1.807, 2.05) is 0 Å². The largest absolute Gasteiger partial charge is 0.480 e. The lowest BCUT2D eigenvalue weighted by atomic mass is 10.0. The van der Waals surface area contributed by atoms with Gasteiger partial charge in [0.05, 0.1) is 31.0 Å². The molecule has 0 aliphatic heterocycles. The Morgan fingerprint density at radius 2 is 2.06 bits per heavy atom. The summed E-state index contributed by atoms with van der Waals surface area (Å²) in [6, 6.07) is 3.52. The maximum atomic E-state index is 13.0. The van der Waals surface area contributed by atoms with E-state index in [4.69, 9.17) is 10.5 Å². The van der Waals surface area contributed by atoms with E-state index >= 15 is 0 Å². The molecule has 32 heavy (non-hydrogen) atoms. The van der Waals surface area contributed by atoms with Crippen LogP contribution < -0.4 is 20.5 Å². The van der Waals surface area contributed by atoms with E-state index in [0.29, 0.717) is 18.4 Å². The number of hydrogen-bond acceptors (Lipinski definition) is 7. The number of rotatable bonds is 5. The SMILES string of the molecule is COc1nc(N)ncc1C#Cc1cc(OC(F)F)ccc1C(=O)N[C@H]1CC2(CC2)C[C@@H]1O. The van der Waals surface area contributed by atoms with E-state index < -0.39 is 18.6 Å². The minimum Gasteiger partial charge on any atom is -0.480 e. The summed E-state index contributed by atoms with van der Waals surface area (Å²) in [6.45, 7) is -3.02. The number of alkyl halides is 2. The number of carbonyl (C=O) groups excluding carboxylic acids is 1. The number of aliphatic hydroxyl groups is 1. The third kappa shape index (κ3) is 4.73. The van der Waals surface area contributed by atoms with Crippen molar-refractivity contribution in [2.24, 2.45) is 5.41 Å². The highest BCUT2D eigenvalue weighted by Gasteiger charge is 2.52. The van der Waals surface area contributed by atoms with Gasteiger partial charge in [0.1, 0.15) is 11.3 Å². The Bertz CT molecular complexity index is 1100. The number of ether oxygens (including phenoxy) is 2. The Kier molecular flexibility index (Phi) is 5.84. The van der Waals surface area contributed by atoms with Crippen LogP contribution in [0.5, 0.6) is 11.6 Å². The summed E-state index contributed by atoms with van der Waals surface area (Å²) in [4.78, 5) is 20.8. The molecular formula is C22H22F2N4O4. The summed E-state index contributed by atoms with van der Waals surface area (Å²) in [7, 11) is 1.39. The fourth-order valence-electron chi connectivity index (χ4n) is 4.01. The molecule has 10 heteroatoms. The molecule has 4 N–H and O–H groups in total. The zero-order valence-electron chi connectivity index (χ0n) is 17.3. The van der Waals surface area contributed by atoms with Crippen molar-refractivity contribution in [2.75, 3.05) is 12.8 Å². The van der Waals surface area contributed by atoms with Crippen LogP contribution in [-0.4, -0.2) is 46.8 Å². The van der Waals surface area contributed by atoms with E-state index in [2.05, 4.69) is 31.9 Å². The van der Waals surface area contributed by atoms with Gasteiger partial charge in [0, 0.05) is 5.56 Å². The zero-order valence-corrected chi connectivity index (χ0v) is 17.3. The Morgan fingerprint density at radius 1 is 1.31 bits per heavy atom. The van der Waals surface area contributed by atoms with Crippen LogP contribution in [-0.2, 0) is 0 Å². The molecule has 0 saturated heterocycles. The predicted molar refractivity (Wildman–Crippen MR) is 110 cm³/mol. The van der Waals surface area contributed by atoms with Gasteiger partial charge in [-0.3, -0.25) is 4.79 Å². The summed E-state index contributed by atoms with van der Waals surface area (Å²) >= 11 is 0. The van der Waals surface area contributed by atoms with Gasteiger partial charge in [-0.2, -0.15) is 13.8 Å². The number of carbonyl (C=O) groups is 1. The molecule has 2 aliphatic carbocycles. The van der Waals surface area contributed by atoms with Crippen molar-refractivity contribution in [3.63, 3.8) is 0 Å². The van der Waals surface area contributed by atoms with Crippen molar-refractivity contribution in [2.45, 2.75) is 44.4 Å². The van der Waals surface area contributed by atoms with E-state index in [-0.39, 0.29) is 40.2 Å². The van der Waals surface area contributed by atoms with Crippen molar-refractivity contribution in [1.29, 1.82) is 0 Å². The Labute approximate surface area is 183 Å². The molecule has 0 bridgehead atoms. The highest BCUT2D eigenvalue weighted by molar-refractivity contribution is 5.97. The Morgan fingerprint density at radius 3 is 2.72 bits per heavy atom. The van der Waals surface area contributed by atoms with E-state index in [1.54, 1.807) is 0 Å². The number of nitrogen functional groups attached to an aromatic ring is 1. The van der Waals surface area contributed by atoms with Gasteiger partial charge < -0.3 is 25.6 Å². The molecule has 1 spiro atoms. The van der Waals surface area contributed by atoms with Crippen LogP contribution in [0.4, 0.5) is 14.7 Å². The summed E-state index contributed by atoms with van der Waals surface area (Å²) in [6.07, 6.45) is 4.23. The number of benzene rings is 1. The molecule has 2 aliphatic rings. The summed E-state index contributed by atoms with van der Waals surface area (Å²) < 4.78 is 34.9. The standard InChI is InChI=1S/C22H22F2N4O4/c1-31-19-13(11-26-21(25)28-19)3-2-12-8-14(32-20(23)24)4-5-15(12)18(30)27-16-9-22(6-7-22)10-17(16)29/h4-5,8,11,16-17,20,29H,6-7,9-10H2,1H3,(H,27,30)(H2,25,26,28)/t16-,17-/m0/s1. The second kappa shape index (κ2) is 8.59. The highest BCUT2D eigenvalue weighted by Crippen LogP contribution is 2.57. The average Bonchev–Trinajstić information content (AvgIpc) is 3.42. The fraction of sp³-hybridized carbons (Fsp3) is 0.409. The molecule has 1 amide bonds. The second-order valence-electron chi connectivity index (χ2n) is 8.04. The number of aromatic nitrogens is 2. The quantitative estimate of drug-likeness (QED) is 0.604. The number of halogens is 2. The van der Waals surface area contributed by atoms with Gasteiger partial charge in [0.2, 0.25) is 11.8 Å². The second-order valence-corrected chi connectivity index (χ2v) is 8.04. The van der Waals surface area contributed by atoms with Crippen molar-refractivity contribution in [3.8, 4) is 23.5 Å². The molecule has 0 unspecified atom stereocenters. The molecule has 4 rings (SSSR count). The van der Waals surface area contributed by atoms with E-state index in [9.17, 15) is 18.7 Å². The van der Waals surface area contributed by atoms with Gasteiger partial charge in [0.15, 0.2) is 0 Å². The molecule has 8 nitrogen and oxygen atoms in total. The number of nitrogens with zero attached hydrogens (tertiary/aromatic N) is 2. The smallest absolute Gasteiger partial charge is 0.387 e. The first kappa shape index (κ1) is 21.8. The lowest BCUT2D eigenvalue weighted by Gasteiger charge is -2.17. The fourth-order valence-corrected chi connectivity index (χ4v) is 4.01. The number of nitrogens with two attached hydrogens (primary N) is 1. The van der Waals surface area contributed by atoms with E-state index in [0.717, 1.165) is 12.8 Å². The van der Waals surface area contributed by atoms with Crippen LogP contribution in [0.15, 0.2) is 24.4 Å². The zero-order chi connectivity index (χ0) is 22.9. The molecular weight excluding hydrogens is 422 g/mol. The van der Waals surface area contributed by atoms with Crippen LogP contribution in [0.3, 0.4) is 0 Å². The predicted octanol–water partition coefficient (Wildman–Crippen LogP) is 2.10. The first-order chi connectivity index (χ1) is 15.3. The van der Waals surface area contributed by atoms with Crippen LogP contribution in [0.25, 0.3) is 0 Å². The highest BCUT2D eigenvalue weighted by atomic mass is 19.3. The van der Waals surface area contributed by atoms with Gasteiger partial charge in [-0.1, -0.05) is 11.8 Å². The molecule has 2 aromatic rings. The van der Waals surface area contributed by atoms with Crippen molar-refractivity contribution < 1.29 is 28.2 Å². The lowest BCUT2D eigenvalue weighted by molar-refractivity contribution is -0.0498. The number of aliphatic hydroxyl groups excluding tert-OH is 1. The molecule has 1 heterocycles. The van der Waals surface area contributed by atoms with Gasteiger partial charge in [0.25, 0.3) is 5.91 Å². The van der Waals surface area contributed by atoms with Crippen molar-refractivity contribution in [1.82, 2.24) is 15.3 Å². The minimum absolute atomic E-state index is 0.00310. The van der Waals surface area contributed by atoms with Crippen molar-refractivity contribution in [3.05, 3.63) is 41.1 Å². The molecule has 2 fully saturated rings. The minimum atomic E-state index is -3.02. The normalized spacial score (nSPS) is 20.5. The first-order valence-electron chi connectivity index (χ1n) is 10.0. The number of hydrogen-bond donors (Lipinski definition) is 3. The van der Waals surface area contributed by atoms with Crippen LogP contribution >= 0.6 is 0 Å². The summed E-state index contributed by atoms with van der Waals surface area (Å²) in [5, 5.41) is 13.2. The van der Waals surface area contributed by atoms with Gasteiger partial charge in [-0.15, -0.1) is 0 Å². The van der Waals surface area contributed by atoms with Crippen LogP contribution in [0.1, 0.15) is 47.2 Å². The monoisotopic (exact) mass is 444 g/mol. The van der Waals surface area contributed by atoms with Gasteiger partial charge in [-0.05, 0) is 49.3 Å².